The molecule has 1 aromatic heterocycles. The molecule has 4 atom stereocenters. The molecule has 0 saturated heterocycles. The zero-order valence-corrected chi connectivity index (χ0v) is 24.2. The van der Waals surface area contributed by atoms with Crippen molar-refractivity contribution >= 4 is 31.4 Å². The third-order valence-corrected chi connectivity index (χ3v) is 11.9. The summed E-state index contributed by atoms with van der Waals surface area (Å²) in [7, 11) is -1.76. The van der Waals surface area contributed by atoms with Crippen LogP contribution in [0.3, 0.4) is 0 Å². The highest BCUT2D eigenvalue weighted by Crippen LogP contribution is 2.60. The van der Waals surface area contributed by atoms with Gasteiger partial charge in [0.1, 0.15) is 6.79 Å². The molecule has 0 amide bonds. The standard InChI is InChI=1S/C29H43NO4S2/c1-21(10-8-17-28(2,3)34-20-33-5)23-14-15-24-22(11-9-18-29(23,24)4)16-19-36(31,32)27-30-25-12-6-7-13-26(25)35-27/h6-7,12-13,16,21,23-24H,8-11,14-15,17-20H2,1-5H3/b22-16+/t21-,23-,24+,29-/m1/s1. The maximum absolute atomic E-state index is 13.1. The average molecular weight is 534 g/mol. The molecule has 2 aliphatic carbocycles. The zero-order valence-electron chi connectivity index (χ0n) is 22.6. The number of hydrogen-bond donors (Lipinski definition) is 0. The van der Waals surface area contributed by atoms with Gasteiger partial charge in [-0.2, -0.15) is 0 Å². The Kier molecular flexibility index (Phi) is 8.65. The number of thiazole rings is 1. The lowest BCUT2D eigenvalue weighted by molar-refractivity contribution is -0.118. The van der Waals surface area contributed by atoms with Crippen LogP contribution in [0.25, 0.3) is 10.2 Å². The SMILES string of the molecule is COCOC(C)(C)CCC[C@@H](C)[C@H]1CC[C@H]2/C(=C/CS(=O)(=O)c3nc4ccccc4s3)CCC[C@]12C. The highest BCUT2D eigenvalue weighted by Gasteiger charge is 2.50. The summed E-state index contributed by atoms with van der Waals surface area (Å²) in [6.07, 6.45) is 11.3. The maximum Gasteiger partial charge on any atom is 0.210 e. The number of fused-ring (bicyclic) bond motifs is 2. The third-order valence-electron chi connectivity index (χ3n) is 8.84. The van der Waals surface area contributed by atoms with Crippen molar-refractivity contribution in [2.24, 2.45) is 23.2 Å². The van der Waals surface area contributed by atoms with Crippen molar-refractivity contribution in [3.05, 3.63) is 35.9 Å². The second-order valence-corrected chi connectivity index (χ2v) is 15.0. The van der Waals surface area contributed by atoms with Crippen LogP contribution in [0.15, 0.2) is 40.3 Å². The zero-order chi connectivity index (χ0) is 26.0. The topological polar surface area (TPSA) is 65.5 Å². The number of aromatic nitrogens is 1. The molecule has 5 nitrogen and oxygen atoms in total. The van der Waals surface area contributed by atoms with Crippen molar-refractivity contribution < 1.29 is 17.9 Å². The van der Waals surface area contributed by atoms with Gasteiger partial charge in [-0.1, -0.05) is 50.5 Å². The molecule has 2 aliphatic rings. The molecular formula is C29H43NO4S2. The Hall–Kier alpha value is -1.28. The van der Waals surface area contributed by atoms with E-state index in [9.17, 15) is 8.42 Å². The molecule has 0 radical (unpaired) electrons. The van der Waals surface area contributed by atoms with E-state index in [4.69, 9.17) is 9.47 Å². The molecule has 200 valence electrons. The lowest BCUT2D eigenvalue weighted by Crippen LogP contribution is -2.36. The number of hydrogen-bond acceptors (Lipinski definition) is 6. The maximum atomic E-state index is 13.1. The van der Waals surface area contributed by atoms with Crippen LogP contribution >= 0.6 is 11.3 Å². The van der Waals surface area contributed by atoms with Crippen molar-refractivity contribution in [1.29, 1.82) is 0 Å². The van der Waals surface area contributed by atoms with E-state index >= 15 is 0 Å². The summed E-state index contributed by atoms with van der Waals surface area (Å²) < 4.78 is 38.4. The van der Waals surface area contributed by atoms with Crippen LogP contribution in [-0.4, -0.2) is 38.7 Å². The van der Waals surface area contributed by atoms with E-state index in [0.717, 1.165) is 35.9 Å². The van der Waals surface area contributed by atoms with Crippen molar-refractivity contribution in [2.45, 2.75) is 89.0 Å². The largest absolute Gasteiger partial charge is 0.359 e. The number of allylic oxidation sites excluding steroid dienone is 1. The normalized spacial score (nSPS) is 27.0. The summed E-state index contributed by atoms with van der Waals surface area (Å²) in [5, 5.41) is 0. The van der Waals surface area contributed by atoms with Crippen molar-refractivity contribution in [3.8, 4) is 0 Å². The highest BCUT2D eigenvalue weighted by atomic mass is 32.2. The van der Waals surface area contributed by atoms with Crippen molar-refractivity contribution in [2.75, 3.05) is 19.7 Å². The summed E-state index contributed by atoms with van der Waals surface area (Å²) in [6, 6.07) is 7.64. The molecule has 0 aliphatic heterocycles. The molecule has 1 heterocycles. The second kappa shape index (κ2) is 11.2. The van der Waals surface area contributed by atoms with Gasteiger partial charge < -0.3 is 9.47 Å². The summed E-state index contributed by atoms with van der Waals surface area (Å²) in [5.74, 6) is 1.91. The number of rotatable bonds is 11. The first kappa shape index (κ1) is 27.7. The molecule has 2 saturated carbocycles. The molecule has 1 aromatic carbocycles. The van der Waals surface area contributed by atoms with Crippen LogP contribution in [0.4, 0.5) is 0 Å². The van der Waals surface area contributed by atoms with E-state index in [1.54, 1.807) is 7.11 Å². The summed E-state index contributed by atoms with van der Waals surface area (Å²) >= 11 is 1.28. The van der Waals surface area contributed by atoms with Gasteiger partial charge in [0.25, 0.3) is 0 Å². The number of sulfone groups is 1. The van der Waals surface area contributed by atoms with Crippen LogP contribution in [0.5, 0.6) is 0 Å². The molecule has 0 bridgehead atoms. The van der Waals surface area contributed by atoms with Gasteiger partial charge in [0, 0.05) is 7.11 Å². The first-order valence-corrected chi connectivity index (χ1v) is 15.9. The predicted octanol–water partition coefficient (Wildman–Crippen LogP) is 7.42. The van der Waals surface area contributed by atoms with Gasteiger partial charge in [0.15, 0.2) is 0 Å². The Morgan fingerprint density at radius 1 is 1.28 bits per heavy atom. The quantitative estimate of drug-likeness (QED) is 0.222. The molecule has 7 heteroatoms. The summed E-state index contributed by atoms with van der Waals surface area (Å²) in [5.41, 5.74) is 2.25. The van der Waals surface area contributed by atoms with Crippen LogP contribution < -0.4 is 0 Å². The number of benzene rings is 1. The lowest BCUT2D eigenvalue weighted by Gasteiger charge is -2.44. The van der Waals surface area contributed by atoms with E-state index in [2.05, 4.69) is 32.7 Å². The number of nitrogens with zero attached hydrogens (tertiary/aromatic N) is 1. The fraction of sp³-hybridized carbons (Fsp3) is 0.690. The fourth-order valence-electron chi connectivity index (χ4n) is 6.87. The van der Waals surface area contributed by atoms with Crippen LogP contribution in [0, 0.1) is 23.2 Å². The predicted molar refractivity (Wildman–Crippen MR) is 148 cm³/mol. The molecule has 0 spiro atoms. The molecular weight excluding hydrogens is 490 g/mol. The van der Waals surface area contributed by atoms with Gasteiger partial charge in [-0.3, -0.25) is 0 Å². The minimum Gasteiger partial charge on any atom is -0.359 e. The second-order valence-electron chi connectivity index (χ2n) is 11.8. The molecule has 2 aromatic rings. The number of ether oxygens (including phenoxy) is 2. The van der Waals surface area contributed by atoms with Crippen LogP contribution in [0.1, 0.15) is 79.1 Å². The third kappa shape index (κ3) is 6.06. The van der Waals surface area contributed by atoms with Gasteiger partial charge in [0.2, 0.25) is 14.2 Å². The van der Waals surface area contributed by atoms with E-state index < -0.39 is 9.84 Å². The monoisotopic (exact) mass is 533 g/mol. The van der Waals surface area contributed by atoms with Gasteiger partial charge in [-0.25, -0.2) is 13.4 Å². The van der Waals surface area contributed by atoms with Gasteiger partial charge >= 0.3 is 0 Å². The average Bonchev–Trinajstić information content (AvgIpc) is 3.43. The minimum atomic E-state index is -3.42. The summed E-state index contributed by atoms with van der Waals surface area (Å²) in [4.78, 5) is 4.41. The van der Waals surface area contributed by atoms with Crippen LogP contribution in [-0.2, 0) is 19.3 Å². The Bertz CT molecular complexity index is 1140. The fourth-order valence-corrected chi connectivity index (χ4v) is 9.36. The van der Waals surface area contributed by atoms with E-state index in [-0.39, 0.29) is 21.1 Å². The Morgan fingerprint density at radius 3 is 2.81 bits per heavy atom. The van der Waals surface area contributed by atoms with Gasteiger partial charge in [0.05, 0.1) is 21.6 Å². The molecule has 0 unspecified atom stereocenters. The smallest absolute Gasteiger partial charge is 0.210 e. The Labute approximate surface area is 221 Å². The van der Waals surface area contributed by atoms with Crippen LogP contribution in [0.2, 0.25) is 0 Å². The van der Waals surface area contributed by atoms with E-state index in [0.29, 0.717) is 24.5 Å². The minimum absolute atomic E-state index is 0.0610. The number of methoxy groups -OCH3 is 1. The highest BCUT2D eigenvalue weighted by molar-refractivity contribution is 7.93. The molecule has 2 fully saturated rings. The summed E-state index contributed by atoms with van der Waals surface area (Å²) in [6.45, 7) is 9.53. The molecule has 0 N–H and O–H groups in total. The Balaban J connectivity index is 1.40. The lowest BCUT2D eigenvalue weighted by atomic mass is 9.61. The van der Waals surface area contributed by atoms with Gasteiger partial charge in [-0.15, -0.1) is 11.3 Å². The first-order chi connectivity index (χ1) is 17.1. The molecule has 4 rings (SSSR count). The number of para-hydroxylation sites is 1. The van der Waals surface area contributed by atoms with E-state index in [1.165, 1.54) is 42.6 Å². The van der Waals surface area contributed by atoms with Gasteiger partial charge in [-0.05, 0) is 87.7 Å². The van der Waals surface area contributed by atoms with Crippen molar-refractivity contribution in [1.82, 2.24) is 4.98 Å². The van der Waals surface area contributed by atoms with Crippen molar-refractivity contribution in [3.63, 3.8) is 0 Å². The molecule has 36 heavy (non-hydrogen) atoms. The Morgan fingerprint density at radius 2 is 2.06 bits per heavy atom. The first-order valence-electron chi connectivity index (χ1n) is 13.5. The van der Waals surface area contributed by atoms with E-state index in [1.807, 2.05) is 30.3 Å².